The van der Waals surface area contributed by atoms with Gasteiger partial charge in [-0.05, 0) is 42.6 Å². The fraction of sp³-hybridized carbons (Fsp3) is 0.393. The number of benzene rings is 2. The molecule has 1 N–H and O–H groups in total. The Morgan fingerprint density at radius 3 is 2.50 bits per heavy atom. The standard InChI is InChI=1S/C28H33N3O3/c1-5-25(27(32)29-20-13-11-19(12-14-20)18(3)4)34-28(33)26-21-9-7-8-10-23(21)30-24-15-16-31(6-2)17-22(24)26/h7-14,18,25H,5-6,15-17H2,1-4H3,(H,29,32). The number of rotatable bonds is 7. The van der Waals surface area contributed by atoms with Crippen molar-refractivity contribution in [1.29, 1.82) is 0 Å². The van der Waals surface area contributed by atoms with Crippen LogP contribution in [-0.4, -0.2) is 41.0 Å². The number of amides is 1. The van der Waals surface area contributed by atoms with Gasteiger partial charge >= 0.3 is 5.97 Å². The van der Waals surface area contributed by atoms with Crippen LogP contribution in [0.4, 0.5) is 5.69 Å². The summed E-state index contributed by atoms with van der Waals surface area (Å²) in [6, 6.07) is 15.4. The van der Waals surface area contributed by atoms with Crippen molar-refractivity contribution in [2.75, 3.05) is 18.4 Å². The third-order valence-corrected chi connectivity index (χ3v) is 6.53. The molecule has 0 bridgehead atoms. The molecule has 0 saturated heterocycles. The lowest BCUT2D eigenvalue weighted by Gasteiger charge is -2.29. The fourth-order valence-electron chi connectivity index (χ4n) is 4.43. The molecule has 1 aliphatic heterocycles. The number of aromatic nitrogens is 1. The predicted octanol–water partition coefficient (Wildman–Crippen LogP) is 5.31. The number of anilines is 1. The number of nitrogens with zero attached hydrogens (tertiary/aromatic N) is 2. The van der Waals surface area contributed by atoms with Crippen molar-refractivity contribution < 1.29 is 14.3 Å². The van der Waals surface area contributed by atoms with E-state index >= 15 is 0 Å². The molecule has 4 rings (SSSR count). The molecule has 1 aliphatic rings. The number of hydrogen-bond donors (Lipinski definition) is 1. The average molecular weight is 460 g/mol. The molecule has 34 heavy (non-hydrogen) atoms. The number of fused-ring (bicyclic) bond motifs is 2. The monoisotopic (exact) mass is 459 g/mol. The maximum atomic E-state index is 13.5. The van der Waals surface area contributed by atoms with E-state index in [1.54, 1.807) is 0 Å². The quantitative estimate of drug-likeness (QED) is 0.485. The van der Waals surface area contributed by atoms with E-state index in [1.165, 1.54) is 5.56 Å². The van der Waals surface area contributed by atoms with Crippen LogP contribution in [0.25, 0.3) is 10.9 Å². The minimum absolute atomic E-state index is 0.324. The first kappa shape index (κ1) is 23.9. The zero-order valence-electron chi connectivity index (χ0n) is 20.4. The summed E-state index contributed by atoms with van der Waals surface area (Å²) < 4.78 is 5.83. The molecule has 6 nitrogen and oxygen atoms in total. The number of para-hydroxylation sites is 1. The summed E-state index contributed by atoms with van der Waals surface area (Å²) in [7, 11) is 0. The lowest BCUT2D eigenvalue weighted by molar-refractivity contribution is -0.124. The van der Waals surface area contributed by atoms with Crippen LogP contribution in [0.1, 0.15) is 67.2 Å². The van der Waals surface area contributed by atoms with E-state index in [2.05, 4.69) is 31.0 Å². The van der Waals surface area contributed by atoms with Crippen LogP contribution in [-0.2, 0) is 22.5 Å². The van der Waals surface area contributed by atoms with Crippen LogP contribution in [0.3, 0.4) is 0 Å². The number of esters is 1. The minimum Gasteiger partial charge on any atom is -0.449 e. The molecule has 3 aromatic rings. The summed E-state index contributed by atoms with van der Waals surface area (Å²) in [6.45, 7) is 10.7. The predicted molar refractivity (Wildman–Crippen MR) is 135 cm³/mol. The summed E-state index contributed by atoms with van der Waals surface area (Å²) in [5, 5.41) is 3.66. The van der Waals surface area contributed by atoms with Crippen molar-refractivity contribution in [2.24, 2.45) is 0 Å². The van der Waals surface area contributed by atoms with Gasteiger partial charge in [-0.15, -0.1) is 0 Å². The van der Waals surface area contributed by atoms with Crippen molar-refractivity contribution >= 4 is 28.5 Å². The first-order valence-electron chi connectivity index (χ1n) is 12.2. The highest BCUT2D eigenvalue weighted by Gasteiger charge is 2.29. The van der Waals surface area contributed by atoms with E-state index in [1.807, 2.05) is 55.5 Å². The smallest absolute Gasteiger partial charge is 0.340 e. The lowest BCUT2D eigenvalue weighted by Crippen LogP contribution is -2.35. The van der Waals surface area contributed by atoms with Gasteiger partial charge in [0.1, 0.15) is 0 Å². The Bertz CT molecular complexity index is 1190. The first-order chi connectivity index (χ1) is 16.4. The van der Waals surface area contributed by atoms with Gasteiger partial charge in [-0.1, -0.05) is 58.0 Å². The van der Waals surface area contributed by atoms with Crippen LogP contribution in [0, 0.1) is 0 Å². The normalized spacial score (nSPS) is 14.6. The highest BCUT2D eigenvalue weighted by molar-refractivity contribution is 6.06. The maximum Gasteiger partial charge on any atom is 0.340 e. The molecule has 2 heterocycles. The highest BCUT2D eigenvalue weighted by Crippen LogP contribution is 2.29. The summed E-state index contributed by atoms with van der Waals surface area (Å²) in [5.41, 5.74) is 5.06. The molecule has 0 saturated carbocycles. The molecule has 1 unspecified atom stereocenters. The largest absolute Gasteiger partial charge is 0.449 e. The Morgan fingerprint density at radius 2 is 1.82 bits per heavy atom. The van der Waals surface area contributed by atoms with E-state index < -0.39 is 12.1 Å². The zero-order valence-corrected chi connectivity index (χ0v) is 20.4. The van der Waals surface area contributed by atoms with Gasteiger partial charge in [0.25, 0.3) is 5.91 Å². The van der Waals surface area contributed by atoms with Gasteiger partial charge in [-0.25, -0.2) is 4.79 Å². The van der Waals surface area contributed by atoms with Crippen molar-refractivity contribution in [3.8, 4) is 0 Å². The number of nitrogens with one attached hydrogen (secondary N) is 1. The van der Waals surface area contributed by atoms with Crippen molar-refractivity contribution in [1.82, 2.24) is 9.88 Å². The molecule has 178 valence electrons. The molecular formula is C28H33N3O3. The summed E-state index contributed by atoms with van der Waals surface area (Å²) in [5.74, 6) is -0.376. The van der Waals surface area contributed by atoms with Crippen LogP contribution < -0.4 is 5.32 Å². The molecule has 0 fully saturated rings. The molecule has 1 amide bonds. The molecule has 6 heteroatoms. The number of pyridine rings is 1. The third-order valence-electron chi connectivity index (χ3n) is 6.53. The van der Waals surface area contributed by atoms with E-state index in [0.29, 0.717) is 30.1 Å². The topological polar surface area (TPSA) is 71.5 Å². The van der Waals surface area contributed by atoms with E-state index in [0.717, 1.165) is 41.7 Å². The Balaban J connectivity index is 1.59. The second-order valence-corrected chi connectivity index (χ2v) is 9.12. The first-order valence-corrected chi connectivity index (χ1v) is 12.2. The van der Waals surface area contributed by atoms with E-state index in [4.69, 9.17) is 9.72 Å². The van der Waals surface area contributed by atoms with Crippen molar-refractivity contribution in [3.05, 3.63) is 70.9 Å². The molecule has 2 aromatic carbocycles. The number of carbonyl (C=O) groups excluding carboxylic acids is 2. The highest BCUT2D eigenvalue weighted by atomic mass is 16.5. The number of ether oxygens (including phenoxy) is 1. The zero-order chi connectivity index (χ0) is 24.2. The number of likely N-dealkylation sites (N-methyl/N-ethyl adjacent to an activating group) is 1. The fourth-order valence-corrected chi connectivity index (χ4v) is 4.43. The lowest BCUT2D eigenvalue weighted by atomic mass is 9.95. The van der Waals surface area contributed by atoms with Gasteiger partial charge in [0.2, 0.25) is 0 Å². The summed E-state index contributed by atoms with van der Waals surface area (Å²) in [4.78, 5) is 33.6. The molecule has 1 atom stereocenters. The molecule has 0 aliphatic carbocycles. The van der Waals surface area contributed by atoms with Crippen LogP contribution >= 0.6 is 0 Å². The molecular weight excluding hydrogens is 426 g/mol. The Labute approximate surface area is 201 Å². The van der Waals surface area contributed by atoms with E-state index in [9.17, 15) is 9.59 Å². The molecule has 0 spiro atoms. The van der Waals surface area contributed by atoms with Crippen molar-refractivity contribution in [2.45, 2.75) is 59.1 Å². The minimum atomic E-state index is -0.884. The van der Waals surface area contributed by atoms with Gasteiger partial charge in [0.05, 0.1) is 11.1 Å². The maximum absolute atomic E-state index is 13.5. The second-order valence-electron chi connectivity index (χ2n) is 9.12. The van der Waals surface area contributed by atoms with Gasteiger partial charge in [0, 0.05) is 41.8 Å². The Hall–Kier alpha value is -3.25. The Kier molecular flexibility index (Phi) is 7.27. The van der Waals surface area contributed by atoms with Gasteiger partial charge < -0.3 is 10.1 Å². The van der Waals surface area contributed by atoms with Crippen LogP contribution in [0.15, 0.2) is 48.5 Å². The summed E-state index contributed by atoms with van der Waals surface area (Å²) >= 11 is 0. The van der Waals surface area contributed by atoms with Gasteiger partial charge in [0.15, 0.2) is 6.10 Å². The van der Waals surface area contributed by atoms with Gasteiger partial charge in [-0.3, -0.25) is 14.7 Å². The SMILES string of the molecule is CCC(OC(=O)c1c2c(nc3ccccc13)CCN(CC)C2)C(=O)Nc1ccc(C(C)C)cc1. The number of carbonyl (C=O) groups is 2. The van der Waals surface area contributed by atoms with Crippen LogP contribution in [0.5, 0.6) is 0 Å². The van der Waals surface area contributed by atoms with Crippen LogP contribution in [0.2, 0.25) is 0 Å². The van der Waals surface area contributed by atoms with E-state index in [-0.39, 0.29) is 5.91 Å². The average Bonchev–Trinajstić information content (AvgIpc) is 2.85. The summed E-state index contributed by atoms with van der Waals surface area (Å²) in [6.07, 6.45) is 0.289. The molecule has 1 aromatic heterocycles. The third kappa shape index (κ3) is 4.97. The number of hydrogen-bond acceptors (Lipinski definition) is 5. The van der Waals surface area contributed by atoms with Gasteiger partial charge in [-0.2, -0.15) is 0 Å². The Morgan fingerprint density at radius 1 is 1.09 bits per heavy atom. The van der Waals surface area contributed by atoms with Crippen molar-refractivity contribution in [3.63, 3.8) is 0 Å². The molecule has 0 radical (unpaired) electrons. The second kappa shape index (κ2) is 10.3.